The number of anilines is 1. The summed E-state index contributed by atoms with van der Waals surface area (Å²) in [5.41, 5.74) is 6.48. The van der Waals surface area contributed by atoms with Gasteiger partial charge < -0.3 is 11.1 Å². The molecule has 0 aliphatic heterocycles. The van der Waals surface area contributed by atoms with E-state index in [1.165, 1.54) is 0 Å². The van der Waals surface area contributed by atoms with Crippen molar-refractivity contribution in [3.63, 3.8) is 0 Å². The summed E-state index contributed by atoms with van der Waals surface area (Å²) >= 11 is 0.468. The van der Waals surface area contributed by atoms with Crippen LogP contribution in [-0.2, 0) is 4.79 Å². The fraction of sp³-hybridized carbons (Fsp3) is 0.500. The summed E-state index contributed by atoms with van der Waals surface area (Å²) in [6.45, 7) is 0. The Bertz CT molecular complexity index is 470. The first-order valence-corrected chi connectivity index (χ1v) is 7.53. The van der Waals surface area contributed by atoms with Crippen molar-refractivity contribution < 1.29 is 13.6 Å². The zero-order chi connectivity index (χ0) is 14.5. The minimum Gasteiger partial charge on any atom is -0.327 e. The fourth-order valence-electron chi connectivity index (χ4n) is 2.52. The second-order valence-electron chi connectivity index (χ2n) is 5.01. The lowest BCUT2D eigenvalue weighted by atomic mass is 10.00. The number of nitrogens with two attached hydrogens (primary N) is 1. The van der Waals surface area contributed by atoms with Crippen molar-refractivity contribution in [3.05, 3.63) is 24.3 Å². The molecule has 0 unspecified atom stereocenters. The van der Waals surface area contributed by atoms with Crippen molar-refractivity contribution in [2.75, 3.05) is 5.32 Å². The number of rotatable bonds is 5. The number of hydrogen-bond donors (Lipinski definition) is 2. The molecule has 20 heavy (non-hydrogen) atoms. The average Bonchev–Trinajstić information content (AvgIpc) is 2.74. The Balaban J connectivity index is 1.90. The molecule has 0 radical (unpaired) electrons. The van der Waals surface area contributed by atoms with Crippen LogP contribution < -0.4 is 11.1 Å². The minimum atomic E-state index is -2.46. The molecule has 110 valence electrons. The quantitative estimate of drug-likeness (QED) is 0.819. The number of carbonyl (C=O) groups is 1. The van der Waals surface area contributed by atoms with Gasteiger partial charge in [0.05, 0.1) is 0 Å². The van der Waals surface area contributed by atoms with Gasteiger partial charge >= 0.3 is 0 Å². The highest BCUT2D eigenvalue weighted by atomic mass is 32.2. The molecule has 0 spiro atoms. The maximum absolute atomic E-state index is 12.3. The molecule has 1 saturated carbocycles. The summed E-state index contributed by atoms with van der Waals surface area (Å²) in [4.78, 5) is 12.4. The van der Waals surface area contributed by atoms with Crippen molar-refractivity contribution in [3.8, 4) is 0 Å². The van der Waals surface area contributed by atoms with Crippen molar-refractivity contribution in [2.24, 2.45) is 11.7 Å². The van der Waals surface area contributed by atoms with Crippen LogP contribution in [0.4, 0.5) is 14.5 Å². The number of amides is 1. The zero-order valence-corrected chi connectivity index (χ0v) is 11.8. The van der Waals surface area contributed by atoms with Gasteiger partial charge in [-0.15, -0.1) is 0 Å². The van der Waals surface area contributed by atoms with E-state index in [0.29, 0.717) is 28.8 Å². The predicted molar refractivity (Wildman–Crippen MR) is 76.9 cm³/mol. The first-order chi connectivity index (χ1) is 9.54. The van der Waals surface area contributed by atoms with Gasteiger partial charge in [0.25, 0.3) is 5.76 Å². The summed E-state index contributed by atoms with van der Waals surface area (Å²) in [5.74, 6) is -2.34. The zero-order valence-electron chi connectivity index (χ0n) is 11.0. The van der Waals surface area contributed by atoms with Gasteiger partial charge in [0.15, 0.2) is 0 Å². The molecule has 0 heterocycles. The lowest BCUT2D eigenvalue weighted by Gasteiger charge is -2.15. The molecular weight excluding hydrogens is 282 g/mol. The fourth-order valence-corrected chi connectivity index (χ4v) is 3.08. The van der Waals surface area contributed by atoms with Gasteiger partial charge in [-0.25, -0.2) is 0 Å². The molecule has 1 aliphatic carbocycles. The molecule has 6 heteroatoms. The van der Waals surface area contributed by atoms with Gasteiger partial charge in [0, 0.05) is 23.0 Å². The monoisotopic (exact) mass is 300 g/mol. The number of halogens is 2. The highest BCUT2D eigenvalue weighted by Crippen LogP contribution is 2.29. The number of benzene rings is 1. The van der Waals surface area contributed by atoms with E-state index >= 15 is 0 Å². The van der Waals surface area contributed by atoms with Gasteiger partial charge in [-0.1, -0.05) is 24.2 Å². The van der Waals surface area contributed by atoms with Crippen LogP contribution in [0.25, 0.3) is 0 Å². The summed E-state index contributed by atoms with van der Waals surface area (Å²) in [6, 6.07) is 6.60. The van der Waals surface area contributed by atoms with E-state index in [4.69, 9.17) is 5.73 Å². The number of alkyl halides is 2. The van der Waals surface area contributed by atoms with E-state index in [1.54, 1.807) is 24.3 Å². The van der Waals surface area contributed by atoms with E-state index in [2.05, 4.69) is 5.32 Å². The summed E-state index contributed by atoms with van der Waals surface area (Å²) in [7, 11) is 0. The molecule has 3 nitrogen and oxygen atoms in total. The van der Waals surface area contributed by atoms with Gasteiger partial charge in [-0.05, 0) is 37.0 Å². The molecule has 0 saturated heterocycles. The Morgan fingerprint density at radius 1 is 1.45 bits per heavy atom. The first-order valence-electron chi connectivity index (χ1n) is 6.65. The summed E-state index contributed by atoms with van der Waals surface area (Å²) < 4.78 is 24.6. The van der Waals surface area contributed by atoms with Crippen LogP contribution in [0.2, 0.25) is 0 Å². The Morgan fingerprint density at radius 3 is 2.90 bits per heavy atom. The van der Waals surface area contributed by atoms with E-state index < -0.39 is 5.76 Å². The molecule has 0 bridgehead atoms. The summed E-state index contributed by atoms with van der Waals surface area (Å²) in [5, 5.41) is 2.75. The molecule has 1 aliphatic rings. The summed E-state index contributed by atoms with van der Waals surface area (Å²) in [6.07, 6.45) is 3.42. The van der Waals surface area contributed by atoms with E-state index in [-0.39, 0.29) is 17.9 Å². The Morgan fingerprint density at radius 2 is 2.25 bits per heavy atom. The van der Waals surface area contributed by atoms with Crippen molar-refractivity contribution in [1.82, 2.24) is 0 Å². The molecule has 2 rings (SSSR count). The highest BCUT2D eigenvalue weighted by molar-refractivity contribution is 7.99. The minimum absolute atomic E-state index is 0.0986. The lowest BCUT2D eigenvalue weighted by molar-refractivity contribution is -0.117. The second kappa shape index (κ2) is 7.04. The van der Waals surface area contributed by atoms with E-state index in [1.807, 2.05) is 0 Å². The third-order valence-electron chi connectivity index (χ3n) is 3.51. The largest absolute Gasteiger partial charge is 0.327 e. The van der Waals surface area contributed by atoms with E-state index in [0.717, 1.165) is 19.3 Å². The molecule has 1 fully saturated rings. The SMILES string of the molecule is N[C@@H]1CCC[C@H]1CC(=O)Nc1cccc(SC(F)F)c1. The number of carbonyl (C=O) groups excluding carboxylic acids is 1. The second-order valence-corrected chi connectivity index (χ2v) is 6.08. The predicted octanol–water partition coefficient (Wildman–Crippen LogP) is 3.46. The standard InChI is InChI=1S/C14H18F2N2OS/c15-14(16)20-11-5-2-4-10(8-11)18-13(19)7-9-3-1-6-12(9)17/h2,4-5,8-9,12,14H,1,3,6-7,17H2,(H,18,19)/t9-,12+/m0/s1. The van der Waals surface area contributed by atoms with Crippen LogP contribution in [0, 0.1) is 5.92 Å². The lowest BCUT2D eigenvalue weighted by Crippen LogP contribution is -2.28. The first kappa shape index (κ1) is 15.3. The Kier molecular flexibility index (Phi) is 5.37. The van der Waals surface area contributed by atoms with Crippen LogP contribution in [0.3, 0.4) is 0 Å². The maximum Gasteiger partial charge on any atom is 0.288 e. The highest BCUT2D eigenvalue weighted by Gasteiger charge is 2.26. The Hall–Kier alpha value is -1.14. The number of thioether (sulfide) groups is 1. The normalized spacial score (nSPS) is 22.2. The van der Waals surface area contributed by atoms with Crippen LogP contribution in [0.1, 0.15) is 25.7 Å². The van der Waals surface area contributed by atoms with Gasteiger partial charge in [-0.3, -0.25) is 4.79 Å². The molecule has 2 atom stereocenters. The molecule has 0 aromatic heterocycles. The number of nitrogens with one attached hydrogen (secondary N) is 1. The molecule has 3 N–H and O–H groups in total. The van der Waals surface area contributed by atoms with E-state index in [9.17, 15) is 13.6 Å². The molecular formula is C14H18F2N2OS. The third kappa shape index (κ3) is 4.45. The van der Waals surface area contributed by atoms with Gasteiger partial charge in [0.1, 0.15) is 0 Å². The third-order valence-corrected chi connectivity index (χ3v) is 4.21. The van der Waals surface area contributed by atoms with Crippen LogP contribution in [-0.4, -0.2) is 17.7 Å². The van der Waals surface area contributed by atoms with Crippen molar-refractivity contribution in [2.45, 2.75) is 42.4 Å². The molecule has 1 aromatic rings. The van der Waals surface area contributed by atoms with Gasteiger partial charge in [0.2, 0.25) is 5.91 Å². The molecule has 1 aromatic carbocycles. The Labute approximate surface area is 121 Å². The number of hydrogen-bond acceptors (Lipinski definition) is 3. The topological polar surface area (TPSA) is 55.1 Å². The van der Waals surface area contributed by atoms with Crippen molar-refractivity contribution in [1.29, 1.82) is 0 Å². The van der Waals surface area contributed by atoms with Crippen LogP contribution in [0.5, 0.6) is 0 Å². The average molecular weight is 300 g/mol. The smallest absolute Gasteiger partial charge is 0.288 e. The van der Waals surface area contributed by atoms with Crippen LogP contribution >= 0.6 is 11.8 Å². The van der Waals surface area contributed by atoms with Crippen LogP contribution in [0.15, 0.2) is 29.2 Å². The maximum atomic E-state index is 12.3. The van der Waals surface area contributed by atoms with Gasteiger partial charge in [-0.2, -0.15) is 8.78 Å². The van der Waals surface area contributed by atoms with Crippen molar-refractivity contribution >= 4 is 23.4 Å². The molecule has 1 amide bonds.